The average Bonchev–Trinajstić information content (AvgIpc) is 2.15. The van der Waals surface area contributed by atoms with Gasteiger partial charge in [0.2, 0.25) is 0 Å². The Morgan fingerprint density at radius 1 is 1.43 bits per heavy atom. The first-order valence-electron chi connectivity index (χ1n) is 4.19. The minimum absolute atomic E-state index is 0.125. The lowest BCUT2D eigenvalue weighted by Gasteiger charge is -2.03. The van der Waals surface area contributed by atoms with Crippen LogP contribution in [0.3, 0.4) is 0 Å². The van der Waals surface area contributed by atoms with Crippen LogP contribution in [0, 0.1) is 0 Å². The Balaban J connectivity index is 2.93. The first-order chi connectivity index (χ1) is 6.56. The summed E-state index contributed by atoms with van der Waals surface area (Å²) in [6.07, 6.45) is 0. The maximum absolute atomic E-state index is 11.7. The molecule has 1 aromatic carbocycles. The van der Waals surface area contributed by atoms with Gasteiger partial charge in [0.1, 0.15) is 0 Å². The SMILES string of the molecule is CNCCS(=O)(=O)c1cccc(Br)c1. The number of hydrogen-bond acceptors (Lipinski definition) is 3. The summed E-state index contributed by atoms with van der Waals surface area (Å²) in [4.78, 5) is 0.363. The van der Waals surface area contributed by atoms with E-state index in [9.17, 15) is 8.42 Å². The van der Waals surface area contributed by atoms with Crippen molar-refractivity contribution in [2.45, 2.75) is 4.90 Å². The Morgan fingerprint density at radius 3 is 2.71 bits per heavy atom. The quantitative estimate of drug-likeness (QED) is 0.906. The molecule has 0 atom stereocenters. The predicted molar refractivity (Wildman–Crippen MR) is 60.1 cm³/mol. The Kier molecular flexibility index (Phi) is 4.10. The van der Waals surface area contributed by atoms with Crippen LogP contribution >= 0.6 is 15.9 Å². The Hall–Kier alpha value is -0.390. The van der Waals surface area contributed by atoms with E-state index in [-0.39, 0.29) is 5.75 Å². The highest BCUT2D eigenvalue weighted by atomic mass is 79.9. The van der Waals surface area contributed by atoms with E-state index >= 15 is 0 Å². The fourth-order valence-corrected chi connectivity index (χ4v) is 2.87. The second-order valence-corrected chi connectivity index (χ2v) is 5.90. The summed E-state index contributed by atoms with van der Waals surface area (Å²) >= 11 is 3.24. The predicted octanol–water partition coefficient (Wildman–Crippen LogP) is 1.44. The molecule has 0 saturated heterocycles. The number of halogens is 1. The van der Waals surface area contributed by atoms with Crippen molar-refractivity contribution in [3.8, 4) is 0 Å². The normalized spacial score (nSPS) is 11.6. The Bertz CT molecular complexity index is 403. The standard InChI is InChI=1S/C9H12BrNO2S/c1-11-5-6-14(12,13)9-4-2-3-8(10)7-9/h2-4,7,11H,5-6H2,1H3. The molecule has 0 bridgehead atoms. The van der Waals surface area contributed by atoms with Crippen molar-refractivity contribution in [3.63, 3.8) is 0 Å². The maximum Gasteiger partial charge on any atom is 0.179 e. The molecule has 0 spiro atoms. The van der Waals surface area contributed by atoms with E-state index in [0.717, 1.165) is 4.47 Å². The minimum Gasteiger partial charge on any atom is -0.319 e. The van der Waals surface area contributed by atoms with Gasteiger partial charge in [0.05, 0.1) is 10.6 Å². The number of sulfone groups is 1. The third-order valence-electron chi connectivity index (χ3n) is 1.78. The molecule has 0 aliphatic heterocycles. The van der Waals surface area contributed by atoms with E-state index in [2.05, 4.69) is 21.2 Å². The van der Waals surface area contributed by atoms with E-state index in [1.807, 2.05) is 0 Å². The third-order valence-corrected chi connectivity index (χ3v) is 3.98. The van der Waals surface area contributed by atoms with Gasteiger partial charge in [-0.05, 0) is 25.2 Å². The van der Waals surface area contributed by atoms with Gasteiger partial charge in [0, 0.05) is 11.0 Å². The maximum atomic E-state index is 11.7. The molecule has 0 aromatic heterocycles. The molecule has 5 heteroatoms. The topological polar surface area (TPSA) is 46.2 Å². The van der Waals surface area contributed by atoms with Crippen LogP contribution in [0.15, 0.2) is 33.6 Å². The summed E-state index contributed by atoms with van der Waals surface area (Å²) in [7, 11) is -1.40. The van der Waals surface area contributed by atoms with E-state index in [0.29, 0.717) is 11.4 Å². The lowest BCUT2D eigenvalue weighted by molar-refractivity contribution is 0.593. The van der Waals surface area contributed by atoms with Crippen molar-refractivity contribution in [3.05, 3.63) is 28.7 Å². The largest absolute Gasteiger partial charge is 0.319 e. The van der Waals surface area contributed by atoms with Gasteiger partial charge >= 0.3 is 0 Å². The molecule has 0 heterocycles. The van der Waals surface area contributed by atoms with E-state index in [1.54, 1.807) is 31.3 Å². The molecule has 78 valence electrons. The summed E-state index contributed by atoms with van der Waals surface area (Å²) in [6, 6.07) is 6.74. The molecule has 0 aliphatic carbocycles. The van der Waals surface area contributed by atoms with E-state index < -0.39 is 9.84 Å². The second kappa shape index (κ2) is 4.91. The van der Waals surface area contributed by atoms with Crippen LogP contribution in [0.25, 0.3) is 0 Å². The van der Waals surface area contributed by atoms with Crippen molar-refractivity contribution >= 4 is 25.8 Å². The molecule has 1 rings (SSSR count). The molecular formula is C9H12BrNO2S. The van der Waals surface area contributed by atoms with Gasteiger partial charge in [-0.15, -0.1) is 0 Å². The molecule has 0 aliphatic rings. The van der Waals surface area contributed by atoms with Crippen LogP contribution in [-0.4, -0.2) is 27.8 Å². The highest BCUT2D eigenvalue weighted by Crippen LogP contribution is 2.16. The van der Waals surface area contributed by atoms with Crippen LogP contribution < -0.4 is 5.32 Å². The molecule has 3 nitrogen and oxygen atoms in total. The smallest absolute Gasteiger partial charge is 0.179 e. The van der Waals surface area contributed by atoms with Gasteiger partial charge in [-0.1, -0.05) is 22.0 Å². The van der Waals surface area contributed by atoms with Gasteiger partial charge in [-0.3, -0.25) is 0 Å². The molecule has 1 aromatic rings. The molecule has 0 amide bonds. The first-order valence-corrected chi connectivity index (χ1v) is 6.64. The minimum atomic E-state index is -3.14. The van der Waals surface area contributed by atoms with Crippen molar-refractivity contribution < 1.29 is 8.42 Å². The third kappa shape index (κ3) is 3.08. The number of hydrogen-bond donors (Lipinski definition) is 1. The molecule has 0 saturated carbocycles. The summed E-state index contributed by atoms with van der Waals surface area (Å²) in [5, 5.41) is 2.82. The van der Waals surface area contributed by atoms with Gasteiger partial charge in [-0.2, -0.15) is 0 Å². The highest BCUT2D eigenvalue weighted by Gasteiger charge is 2.13. The van der Waals surface area contributed by atoms with Crippen LogP contribution in [0.4, 0.5) is 0 Å². The highest BCUT2D eigenvalue weighted by molar-refractivity contribution is 9.10. The summed E-state index contributed by atoms with van der Waals surface area (Å²) in [5.41, 5.74) is 0. The van der Waals surface area contributed by atoms with E-state index in [1.165, 1.54) is 0 Å². The van der Waals surface area contributed by atoms with Gasteiger partial charge in [0.15, 0.2) is 9.84 Å². The molecule has 14 heavy (non-hydrogen) atoms. The van der Waals surface area contributed by atoms with Crippen molar-refractivity contribution in [1.29, 1.82) is 0 Å². The molecule has 1 N–H and O–H groups in total. The van der Waals surface area contributed by atoms with Crippen molar-refractivity contribution in [1.82, 2.24) is 5.32 Å². The lowest BCUT2D eigenvalue weighted by Crippen LogP contribution is -2.19. The molecule has 0 fully saturated rings. The van der Waals surface area contributed by atoms with E-state index in [4.69, 9.17) is 0 Å². The molecule has 0 radical (unpaired) electrons. The average molecular weight is 278 g/mol. The summed E-state index contributed by atoms with van der Waals surface area (Å²) < 4.78 is 24.1. The molecular weight excluding hydrogens is 266 g/mol. The summed E-state index contributed by atoms with van der Waals surface area (Å²) in [5.74, 6) is 0.125. The van der Waals surface area contributed by atoms with Gasteiger partial charge < -0.3 is 5.32 Å². The number of rotatable bonds is 4. The zero-order valence-electron chi connectivity index (χ0n) is 7.83. The number of nitrogens with one attached hydrogen (secondary N) is 1. The number of benzene rings is 1. The van der Waals surface area contributed by atoms with Crippen LogP contribution in [0.1, 0.15) is 0 Å². The van der Waals surface area contributed by atoms with Gasteiger partial charge in [0.25, 0.3) is 0 Å². The lowest BCUT2D eigenvalue weighted by atomic mass is 10.4. The Morgan fingerprint density at radius 2 is 2.14 bits per heavy atom. The van der Waals surface area contributed by atoms with Crippen molar-refractivity contribution in [2.75, 3.05) is 19.3 Å². The van der Waals surface area contributed by atoms with Crippen LogP contribution in [0.2, 0.25) is 0 Å². The zero-order chi connectivity index (χ0) is 10.6. The van der Waals surface area contributed by atoms with Crippen LogP contribution in [-0.2, 0) is 9.84 Å². The molecule has 0 unspecified atom stereocenters. The fraction of sp³-hybridized carbons (Fsp3) is 0.333. The zero-order valence-corrected chi connectivity index (χ0v) is 10.2. The summed E-state index contributed by atoms with van der Waals surface area (Å²) in [6.45, 7) is 0.467. The van der Waals surface area contributed by atoms with Gasteiger partial charge in [-0.25, -0.2) is 8.42 Å². The fourth-order valence-electron chi connectivity index (χ4n) is 1.01. The van der Waals surface area contributed by atoms with Crippen LogP contribution in [0.5, 0.6) is 0 Å². The second-order valence-electron chi connectivity index (χ2n) is 2.88. The Labute approximate surface area is 92.6 Å². The van der Waals surface area contributed by atoms with Crippen molar-refractivity contribution in [2.24, 2.45) is 0 Å². The first kappa shape index (κ1) is 11.7. The monoisotopic (exact) mass is 277 g/mol.